The molecule has 66 valence electrons. The van der Waals surface area contributed by atoms with Crippen LogP contribution >= 0.6 is 11.3 Å². The molecule has 1 rings (SSSR count). The smallest absolute Gasteiger partial charge is 0.284 e. The lowest BCUT2D eigenvalue weighted by atomic mass is 10.5. The molecule has 1 amide bonds. The maximum Gasteiger partial charge on any atom is 0.284 e. The summed E-state index contributed by atoms with van der Waals surface area (Å²) in [4.78, 5) is 13.0. The van der Waals surface area contributed by atoms with Crippen molar-refractivity contribution in [1.29, 1.82) is 0 Å². The Hall–Kier alpha value is -0.970. The molecule has 5 heteroatoms. The van der Waals surface area contributed by atoms with Gasteiger partial charge in [-0.3, -0.25) is 4.79 Å². The van der Waals surface area contributed by atoms with Crippen LogP contribution in [0.5, 0.6) is 0 Å². The fraction of sp³-hybridized carbons (Fsp3) is 0.571. The average molecular weight is 185 g/mol. The van der Waals surface area contributed by atoms with E-state index in [-0.39, 0.29) is 5.91 Å². The van der Waals surface area contributed by atoms with Gasteiger partial charge in [-0.1, -0.05) is 11.3 Å². The van der Waals surface area contributed by atoms with E-state index in [0.717, 1.165) is 5.01 Å². The number of aryl methyl sites for hydroxylation is 1. The Morgan fingerprint density at radius 2 is 2.25 bits per heavy atom. The second-order valence-corrected chi connectivity index (χ2v) is 3.63. The minimum atomic E-state index is -0.0527. The third-order valence-corrected chi connectivity index (χ3v) is 2.36. The minimum absolute atomic E-state index is 0.0527. The van der Waals surface area contributed by atoms with Crippen LogP contribution in [0.2, 0.25) is 0 Å². The summed E-state index contributed by atoms with van der Waals surface area (Å²) < 4.78 is 0. The third-order valence-electron chi connectivity index (χ3n) is 1.53. The van der Waals surface area contributed by atoms with Crippen molar-refractivity contribution in [2.45, 2.75) is 13.8 Å². The van der Waals surface area contributed by atoms with Gasteiger partial charge in [0, 0.05) is 13.6 Å². The molecule has 1 aromatic rings. The summed E-state index contributed by atoms with van der Waals surface area (Å²) in [5.41, 5.74) is 0. The second kappa shape index (κ2) is 3.62. The minimum Gasteiger partial charge on any atom is -0.340 e. The summed E-state index contributed by atoms with van der Waals surface area (Å²) in [6.07, 6.45) is 0. The first kappa shape index (κ1) is 9.12. The summed E-state index contributed by atoms with van der Waals surface area (Å²) in [6, 6.07) is 0. The number of rotatable bonds is 2. The Balaban J connectivity index is 2.78. The van der Waals surface area contributed by atoms with Crippen molar-refractivity contribution in [1.82, 2.24) is 15.1 Å². The lowest BCUT2D eigenvalue weighted by molar-refractivity contribution is 0.0801. The van der Waals surface area contributed by atoms with Gasteiger partial charge in [-0.2, -0.15) is 0 Å². The molecule has 0 saturated carbocycles. The number of nitrogens with zero attached hydrogens (tertiary/aromatic N) is 3. The lowest BCUT2D eigenvalue weighted by Crippen LogP contribution is -2.26. The molecule has 0 N–H and O–H groups in total. The molecular formula is C7H11N3OS. The summed E-state index contributed by atoms with van der Waals surface area (Å²) in [7, 11) is 1.75. The fourth-order valence-corrected chi connectivity index (χ4v) is 1.38. The van der Waals surface area contributed by atoms with Gasteiger partial charge in [-0.05, 0) is 13.8 Å². The van der Waals surface area contributed by atoms with Crippen LogP contribution in [-0.2, 0) is 0 Å². The fourth-order valence-electron chi connectivity index (χ4n) is 0.690. The molecule has 1 heterocycles. The number of hydrogen-bond donors (Lipinski definition) is 0. The van der Waals surface area contributed by atoms with Crippen LogP contribution in [0.25, 0.3) is 0 Å². The molecule has 1 aromatic heterocycles. The first-order valence-electron chi connectivity index (χ1n) is 3.70. The Labute approximate surface area is 75.2 Å². The maximum absolute atomic E-state index is 11.4. The first-order chi connectivity index (χ1) is 5.65. The number of carbonyl (C=O) groups excluding carboxylic acids is 1. The van der Waals surface area contributed by atoms with Crippen molar-refractivity contribution in [3.8, 4) is 0 Å². The van der Waals surface area contributed by atoms with Gasteiger partial charge in [0.05, 0.1) is 0 Å². The van der Waals surface area contributed by atoms with Crippen molar-refractivity contribution in [2.75, 3.05) is 13.6 Å². The zero-order chi connectivity index (χ0) is 9.14. The van der Waals surface area contributed by atoms with Gasteiger partial charge in [0.2, 0.25) is 5.01 Å². The summed E-state index contributed by atoms with van der Waals surface area (Å²) >= 11 is 1.33. The molecule has 0 atom stereocenters. The highest BCUT2D eigenvalue weighted by Gasteiger charge is 2.14. The van der Waals surface area contributed by atoms with Gasteiger partial charge in [0.25, 0.3) is 5.91 Å². The molecule has 0 fully saturated rings. The van der Waals surface area contributed by atoms with Gasteiger partial charge in [0.15, 0.2) is 0 Å². The molecule has 0 aliphatic rings. The highest BCUT2D eigenvalue weighted by molar-refractivity contribution is 7.13. The number of amides is 1. The van der Waals surface area contributed by atoms with E-state index in [1.165, 1.54) is 11.3 Å². The first-order valence-corrected chi connectivity index (χ1v) is 4.52. The van der Waals surface area contributed by atoms with Gasteiger partial charge >= 0.3 is 0 Å². The van der Waals surface area contributed by atoms with E-state index in [2.05, 4.69) is 10.2 Å². The molecule has 0 aliphatic heterocycles. The van der Waals surface area contributed by atoms with Crippen LogP contribution in [0.15, 0.2) is 0 Å². The zero-order valence-electron chi connectivity index (χ0n) is 7.37. The van der Waals surface area contributed by atoms with Crippen molar-refractivity contribution >= 4 is 17.2 Å². The molecule has 0 bridgehead atoms. The Morgan fingerprint density at radius 3 is 2.67 bits per heavy atom. The van der Waals surface area contributed by atoms with E-state index in [9.17, 15) is 4.79 Å². The molecule has 0 aromatic carbocycles. The largest absolute Gasteiger partial charge is 0.340 e. The van der Waals surface area contributed by atoms with Gasteiger partial charge in [-0.25, -0.2) is 0 Å². The normalized spacial score (nSPS) is 9.92. The van der Waals surface area contributed by atoms with Crippen LogP contribution in [-0.4, -0.2) is 34.6 Å². The maximum atomic E-state index is 11.4. The molecule has 0 saturated heterocycles. The number of hydrogen-bond acceptors (Lipinski definition) is 4. The molecular weight excluding hydrogens is 174 g/mol. The summed E-state index contributed by atoms with van der Waals surface area (Å²) in [6.45, 7) is 4.45. The Kier molecular flexibility index (Phi) is 2.75. The van der Waals surface area contributed by atoms with E-state index in [1.807, 2.05) is 13.8 Å². The average Bonchev–Trinajstić information content (AvgIpc) is 2.49. The van der Waals surface area contributed by atoms with Gasteiger partial charge in [-0.15, -0.1) is 10.2 Å². The van der Waals surface area contributed by atoms with Gasteiger partial charge in [0.1, 0.15) is 5.01 Å². The monoisotopic (exact) mass is 185 g/mol. The van der Waals surface area contributed by atoms with Crippen molar-refractivity contribution < 1.29 is 4.79 Å². The van der Waals surface area contributed by atoms with E-state index in [4.69, 9.17) is 0 Å². The van der Waals surface area contributed by atoms with Crippen LogP contribution in [0.4, 0.5) is 0 Å². The van der Waals surface area contributed by atoms with Gasteiger partial charge < -0.3 is 4.90 Å². The molecule has 0 radical (unpaired) electrons. The number of aromatic nitrogens is 2. The Morgan fingerprint density at radius 1 is 1.58 bits per heavy atom. The third kappa shape index (κ3) is 1.79. The highest BCUT2D eigenvalue weighted by atomic mass is 32.1. The van der Waals surface area contributed by atoms with Crippen LogP contribution in [0.1, 0.15) is 21.7 Å². The molecule has 4 nitrogen and oxygen atoms in total. The van der Waals surface area contributed by atoms with Crippen molar-refractivity contribution in [3.05, 3.63) is 10.0 Å². The Bertz CT molecular complexity index is 284. The highest BCUT2D eigenvalue weighted by Crippen LogP contribution is 2.09. The lowest BCUT2D eigenvalue weighted by Gasteiger charge is -2.10. The summed E-state index contributed by atoms with van der Waals surface area (Å²) in [5.74, 6) is -0.0527. The van der Waals surface area contributed by atoms with Crippen LogP contribution in [0, 0.1) is 6.92 Å². The predicted molar refractivity (Wildman–Crippen MR) is 47.3 cm³/mol. The van der Waals surface area contributed by atoms with E-state index in [0.29, 0.717) is 11.6 Å². The van der Waals surface area contributed by atoms with E-state index in [1.54, 1.807) is 11.9 Å². The number of carbonyl (C=O) groups is 1. The SMILES string of the molecule is CCN(C)C(=O)c1nnc(C)s1. The van der Waals surface area contributed by atoms with Crippen molar-refractivity contribution in [2.24, 2.45) is 0 Å². The molecule has 0 spiro atoms. The quantitative estimate of drug-likeness (QED) is 0.688. The standard InChI is InChI=1S/C7H11N3OS/c1-4-10(3)7(11)6-9-8-5(2)12-6/h4H2,1-3H3. The predicted octanol–water partition coefficient (Wildman–Crippen LogP) is 0.938. The molecule has 0 aliphatic carbocycles. The van der Waals surface area contributed by atoms with Crippen molar-refractivity contribution in [3.63, 3.8) is 0 Å². The molecule has 0 unspecified atom stereocenters. The van der Waals surface area contributed by atoms with E-state index >= 15 is 0 Å². The van der Waals surface area contributed by atoms with Crippen LogP contribution < -0.4 is 0 Å². The molecule has 12 heavy (non-hydrogen) atoms. The van der Waals surface area contributed by atoms with E-state index < -0.39 is 0 Å². The zero-order valence-corrected chi connectivity index (χ0v) is 8.18. The topological polar surface area (TPSA) is 46.1 Å². The second-order valence-electron chi connectivity index (χ2n) is 2.45. The summed E-state index contributed by atoms with van der Waals surface area (Å²) in [5, 5.41) is 8.83. The van der Waals surface area contributed by atoms with Crippen LogP contribution in [0.3, 0.4) is 0 Å².